The molecule has 0 aliphatic heterocycles. The smallest absolute Gasteiger partial charge is 0.416 e. The van der Waals surface area contributed by atoms with Crippen LogP contribution in [-0.4, -0.2) is 12.5 Å². The molecule has 0 aliphatic carbocycles. The Hall–Kier alpha value is -2.50. The molecule has 0 fully saturated rings. The predicted molar refractivity (Wildman–Crippen MR) is 80.2 cm³/mol. The number of benzene rings is 2. The van der Waals surface area contributed by atoms with Crippen molar-refractivity contribution in [3.05, 3.63) is 65.2 Å². The quantitative estimate of drug-likeness (QED) is 0.902. The molecule has 1 N–H and O–H groups in total. The number of hydrogen-bond acceptors (Lipinski definition) is 2. The minimum atomic E-state index is -4.39. The van der Waals surface area contributed by atoms with E-state index in [0.717, 1.165) is 12.1 Å². The first kappa shape index (κ1) is 16.9. The summed E-state index contributed by atoms with van der Waals surface area (Å²) in [5.74, 6) is 0.299. The van der Waals surface area contributed by atoms with Crippen molar-refractivity contribution in [2.24, 2.45) is 0 Å². The zero-order valence-corrected chi connectivity index (χ0v) is 12.5. The molecule has 2 aromatic rings. The van der Waals surface area contributed by atoms with Crippen molar-refractivity contribution in [2.45, 2.75) is 19.6 Å². The lowest BCUT2D eigenvalue weighted by Crippen LogP contribution is -2.23. The Morgan fingerprint density at radius 2 is 1.83 bits per heavy atom. The van der Waals surface area contributed by atoms with E-state index >= 15 is 0 Å². The van der Waals surface area contributed by atoms with Gasteiger partial charge in [0.15, 0.2) is 0 Å². The number of rotatable bonds is 5. The second-order valence-electron chi connectivity index (χ2n) is 4.84. The van der Waals surface area contributed by atoms with Gasteiger partial charge in [-0.1, -0.05) is 12.1 Å². The summed E-state index contributed by atoms with van der Waals surface area (Å²) < 4.78 is 43.2. The molecule has 23 heavy (non-hydrogen) atoms. The normalized spacial score (nSPS) is 11.1. The number of hydrogen-bond donors (Lipinski definition) is 1. The lowest BCUT2D eigenvalue weighted by molar-refractivity contribution is -0.137. The summed E-state index contributed by atoms with van der Waals surface area (Å²) in [6, 6.07) is 11.4. The fourth-order valence-corrected chi connectivity index (χ4v) is 2.01. The van der Waals surface area contributed by atoms with Crippen LogP contribution in [-0.2, 0) is 12.7 Å². The minimum absolute atomic E-state index is 0.0238. The number of halogens is 3. The van der Waals surface area contributed by atoms with Gasteiger partial charge in [-0.3, -0.25) is 4.79 Å². The highest BCUT2D eigenvalue weighted by molar-refractivity contribution is 5.94. The van der Waals surface area contributed by atoms with Gasteiger partial charge in [-0.15, -0.1) is 0 Å². The van der Waals surface area contributed by atoms with E-state index in [4.69, 9.17) is 4.74 Å². The molecule has 1 amide bonds. The van der Waals surface area contributed by atoms with Crippen LogP contribution in [0.5, 0.6) is 5.75 Å². The van der Waals surface area contributed by atoms with Crippen LogP contribution in [0.2, 0.25) is 0 Å². The van der Waals surface area contributed by atoms with Gasteiger partial charge in [0.2, 0.25) is 0 Å². The Morgan fingerprint density at radius 3 is 2.43 bits per heavy atom. The molecule has 2 rings (SSSR count). The number of alkyl halides is 3. The van der Waals surface area contributed by atoms with Gasteiger partial charge in [0.05, 0.1) is 12.2 Å². The van der Waals surface area contributed by atoms with Crippen molar-refractivity contribution in [3.8, 4) is 5.75 Å². The van der Waals surface area contributed by atoms with Crippen molar-refractivity contribution in [1.29, 1.82) is 0 Å². The first-order valence-electron chi connectivity index (χ1n) is 7.07. The number of ether oxygens (including phenoxy) is 1. The first-order valence-corrected chi connectivity index (χ1v) is 7.07. The third-order valence-corrected chi connectivity index (χ3v) is 3.13. The van der Waals surface area contributed by atoms with Crippen LogP contribution >= 0.6 is 0 Å². The van der Waals surface area contributed by atoms with Crippen LogP contribution in [0, 0.1) is 0 Å². The molecule has 0 radical (unpaired) electrons. The third kappa shape index (κ3) is 4.74. The maximum absolute atomic E-state index is 12.6. The van der Waals surface area contributed by atoms with Gasteiger partial charge in [-0.25, -0.2) is 0 Å². The Kier molecular flexibility index (Phi) is 5.26. The van der Waals surface area contributed by atoms with Gasteiger partial charge in [-0.05, 0) is 48.9 Å². The molecule has 0 spiro atoms. The van der Waals surface area contributed by atoms with E-state index in [1.807, 2.05) is 6.92 Å². The Labute approximate surface area is 132 Å². The summed E-state index contributed by atoms with van der Waals surface area (Å²) in [6.07, 6.45) is -4.39. The summed E-state index contributed by atoms with van der Waals surface area (Å²) in [6.45, 7) is 2.41. The van der Waals surface area contributed by atoms with E-state index in [0.29, 0.717) is 23.5 Å². The van der Waals surface area contributed by atoms with Crippen LogP contribution in [0.15, 0.2) is 48.5 Å². The van der Waals surface area contributed by atoms with E-state index in [1.165, 1.54) is 12.1 Å². The fraction of sp³-hybridized carbons (Fsp3) is 0.235. The van der Waals surface area contributed by atoms with E-state index in [1.54, 1.807) is 24.3 Å². The van der Waals surface area contributed by atoms with Crippen molar-refractivity contribution < 1.29 is 22.7 Å². The highest BCUT2D eigenvalue weighted by atomic mass is 19.4. The molecule has 0 bridgehead atoms. The number of nitrogens with one attached hydrogen (secondary N) is 1. The maximum atomic E-state index is 12.6. The van der Waals surface area contributed by atoms with E-state index < -0.39 is 11.7 Å². The van der Waals surface area contributed by atoms with Crippen LogP contribution < -0.4 is 10.1 Å². The van der Waals surface area contributed by atoms with Crippen LogP contribution in [0.25, 0.3) is 0 Å². The summed E-state index contributed by atoms with van der Waals surface area (Å²) in [4.78, 5) is 12.0. The summed E-state index contributed by atoms with van der Waals surface area (Å²) in [7, 11) is 0. The molecule has 3 nitrogen and oxygen atoms in total. The molecular formula is C17H16F3NO2. The SMILES string of the molecule is CCOc1ccc(C(=O)NCc2cccc(C(F)(F)F)c2)cc1. The van der Waals surface area contributed by atoms with Gasteiger partial charge in [0.25, 0.3) is 5.91 Å². The van der Waals surface area contributed by atoms with Crippen molar-refractivity contribution in [3.63, 3.8) is 0 Å². The molecule has 122 valence electrons. The first-order chi connectivity index (χ1) is 10.9. The third-order valence-electron chi connectivity index (χ3n) is 3.13. The van der Waals surface area contributed by atoms with Gasteiger partial charge in [0.1, 0.15) is 5.75 Å². The Morgan fingerprint density at radius 1 is 1.13 bits per heavy atom. The molecule has 0 unspecified atom stereocenters. The second-order valence-corrected chi connectivity index (χ2v) is 4.84. The van der Waals surface area contributed by atoms with Crippen LogP contribution in [0.4, 0.5) is 13.2 Å². The average Bonchev–Trinajstić information content (AvgIpc) is 2.53. The lowest BCUT2D eigenvalue weighted by atomic mass is 10.1. The summed E-state index contributed by atoms with van der Waals surface area (Å²) in [5.41, 5.74) is 0.0739. The highest BCUT2D eigenvalue weighted by Crippen LogP contribution is 2.29. The zero-order chi connectivity index (χ0) is 16.9. The number of carbonyl (C=O) groups is 1. The largest absolute Gasteiger partial charge is 0.494 e. The molecule has 0 aliphatic rings. The topological polar surface area (TPSA) is 38.3 Å². The van der Waals surface area contributed by atoms with E-state index in [2.05, 4.69) is 5.32 Å². The molecule has 0 aromatic heterocycles. The van der Waals surface area contributed by atoms with Gasteiger partial charge >= 0.3 is 6.18 Å². The van der Waals surface area contributed by atoms with Crippen molar-refractivity contribution >= 4 is 5.91 Å². The maximum Gasteiger partial charge on any atom is 0.416 e. The van der Waals surface area contributed by atoms with Crippen molar-refractivity contribution in [2.75, 3.05) is 6.61 Å². The van der Waals surface area contributed by atoms with Gasteiger partial charge < -0.3 is 10.1 Å². The highest BCUT2D eigenvalue weighted by Gasteiger charge is 2.30. The average molecular weight is 323 g/mol. The molecular weight excluding hydrogens is 307 g/mol. The standard InChI is InChI=1S/C17H16F3NO2/c1-2-23-15-8-6-13(7-9-15)16(22)21-11-12-4-3-5-14(10-12)17(18,19)20/h3-10H,2,11H2,1H3,(H,21,22). The van der Waals surface area contributed by atoms with Crippen LogP contribution in [0.3, 0.4) is 0 Å². The summed E-state index contributed by atoms with van der Waals surface area (Å²) in [5, 5.41) is 2.60. The minimum Gasteiger partial charge on any atom is -0.494 e. The predicted octanol–water partition coefficient (Wildman–Crippen LogP) is 4.03. The fourth-order valence-electron chi connectivity index (χ4n) is 2.01. The van der Waals surface area contributed by atoms with Gasteiger partial charge in [0, 0.05) is 12.1 Å². The molecule has 0 heterocycles. The molecule has 0 atom stereocenters. The number of carbonyl (C=O) groups excluding carboxylic acids is 1. The van der Waals surface area contributed by atoms with Gasteiger partial charge in [-0.2, -0.15) is 13.2 Å². The van der Waals surface area contributed by atoms with Crippen LogP contribution in [0.1, 0.15) is 28.4 Å². The van der Waals surface area contributed by atoms with Crippen molar-refractivity contribution in [1.82, 2.24) is 5.32 Å². The molecule has 2 aromatic carbocycles. The molecule has 0 saturated carbocycles. The van der Waals surface area contributed by atoms with E-state index in [9.17, 15) is 18.0 Å². The monoisotopic (exact) mass is 323 g/mol. The number of amides is 1. The second kappa shape index (κ2) is 7.17. The zero-order valence-electron chi connectivity index (χ0n) is 12.5. The molecule has 6 heteroatoms. The lowest BCUT2D eigenvalue weighted by Gasteiger charge is -2.10. The summed E-state index contributed by atoms with van der Waals surface area (Å²) >= 11 is 0. The van der Waals surface area contributed by atoms with E-state index in [-0.39, 0.29) is 12.5 Å². The molecule has 0 saturated heterocycles. The Bertz CT molecular complexity index is 666. The Balaban J connectivity index is 1.99.